The van der Waals surface area contributed by atoms with Crippen LogP contribution in [-0.2, 0) is 4.74 Å². The molecule has 4 heteroatoms. The Kier molecular flexibility index (Phi) is 6.32. The highest BCUT2D eigenvalue weighted by molar-refractivity contribution is 5.67. The number of hydrogen-bond acceptors (Lipinski definition) is 3. The summed E-state index contributed by atoms with van der Waals surface area (Å²) in [5.41, 5.74) is 5.42. The van der Waals surface area contributed by atoms with E-state index in [1.165, 1.54) is 0 Å². The van der Waals surface area contributed by atoms with E-state index in [-0.39, 0.29) is 12.1 Å². The Balaban J connectivity index is 3.86. The van der Waals surface area contributed by atoms with Gasteiger partial charge in [0.1, 0.15) is 0 Å². The fraction of sp³-hybridized carbons (Fsp3) is 0.889. The first-order chi connectivity index (χ1) is 6.11. The second-order valence-corrected chi connectivity index (χ2v) is 3.29. The fourth-order valence-corrected chi connectivity index (χ4v) is 1.08. The maximum Gasteiger partial charge on any atom is 0.407 e. The third-order valence-electron chi connectivity index (χ3n) is 1.86. The number of nitrogens with one attached hydrogen (secondary N) is 1. The van der Waals surface area contributed by atoms with Gasteiger partial charge in [0.05, 0.1) is 6.61 Å². The van der Waals surface area contributed by atoms with Crippen molar-refractivity contribution in [1.82, 2.24) is 5.32 Å². The van der Waals surface area contributed by atoms with E-state index < -0.39 is 0 Å². The lowest BCUT2D eigenvalue weighted by molar-refractivity contribution is 0.144. The van der Waals surface area contributed by atoms with Gasteiger partial charge in [0.25, 0.3) is 0 Å². The van der Waals surface area contributed by atoms with Crippen LogP contribution in [0.1, 0.15) is 27.2 Å². The summed E-state index contributed by atoms with van der Waals surface area (Å²) in [7, 11) is 0. The summed E-state index contributed by atoms with van der Waals surface area (Å²) in [6.45, 7) is 6.86. The number of rotatable bonds is 5. The average Bonchev–Trinajstić information content (AvgIpc) is 2.04. The zero-order valence-corrected chi connectivity index (χ0v) is 8.67. The average molecular weight is 188 g/mol. The molecule has 3 N–H and O–H groups in total. The topological polar surface area (TPSA) is 64.3 Å². The van der Waals surface area contributed by atoms with Crippen molar-refractivity contribution in [3.63, 3.8) is 0 Å². The predicted octanol–water partition coefficient (Wildman–Crippen LogP) is 1.11. The first kappa shape index (κ1) is 12.2. The van der Waals surface area contributed by atoms with Crippen LogP contribution in [0, 0.1) is 5.92 Å². The van der Waals surface area contributed by atoms with Gasteiger partial charge < -0.3 is 15.8 Å². The molecule has 0 radical (unpaired) electrons. The molecule has 78 valence electrons. The van der Waals surface area contributed by atoms with E-state index >= 15 is 0 Å². The van der Waals surface area contributed by atoms with E-state index in [0.29, 0.717) is 19.1 Å². The summed E-state index contributed by atoms with van der Waals surface area (Å²) >= 11 is 0. The lowest BCUT2D eigenvalue weighted by atomic mass is 10.0. The van der Waals surface area contributed by atoms with Crippen LogP contribution < -0.4 is 11.1 Å². The van der Waals surface area contributed by atoms with E-state index in [1.807, 2.05) is 13.8 Å². The SMILES string of the molecule is CCOC(=O)NC(CCN)C(C)C. The third kappa shape index (κ3) is 5.47. The van der Waals surface area contributed by atoms with Gasteiger partial charge in [-0.05, 0) is 25.8 Å². The summed E-state index contributed by atoms with van der Waals surface area (Å²) in [5.74, 6) is 0.382. The fourth-order valence-electron chi connectivity index (χ4n) is 1.08. The lowest BCUT2D eigenvalue weighted by Gasteiger charge is -2.20. The molecule has 0 saturated carbocycles. The summed E-state index contributed by atoms with van der Waals surface area (Å²) in [4.78, 5) is 11.1. The van der Waals surface area contributed by atoms with Crippen molar-refractivity contribution in [3.05, 3.63) is 0 Å². The molecule has 0 rings (SSSR count). The van der Waals surface area contributed by atoms with Crippen LogP contribution in [0.25, 0.3) is 0 Å². The number of carbonyl (C=O) groups is 1. The number of nitrogens with two attached hydrogens (primary N) is 1. The number of hydrogen-bond donors (Lipinski definition) is 2. The van der Waals surface area contributed by atoms with Crippen LogP contribution >= 0.6 is 0 Å². The standard InChI is InChI=1S/C9H20N2O2/c1-4-13-9(12)11-8(5-6-10)7(2)3/h7-8H,4-6,10H2,1-3H3,(H,11,12). The van der Waals surface area contributed by atoms with Crippen molar-refractivity contribution in [2.24, 2.45) is 11.7 Å². The first-order valence-corrected chi connectivity index (χ1v) is 4.75. The maximum atomic E-state index is 11.1. The van der Waals surface area contributed by atoms with Crippen molar-refractivity contribution in [3.8, 4) is 0 Å². The largest absolute Gasteiger partial charge is 0.450 e. The molecular formula is C9H20N2O2. The Hall–Kier alpha value is -0.770. The molecule has 0 aromatic carbocycles. The molecule has 0 saturated heterocycles. The van der Waals surface area contributed by atoms with Gasteiger partial charge in [-0.1, -0.05) is 13.8 Å². The van der Waals surface area contributed by atoms with E-state index in [4.69, 9.17) is 10.5 Å². The van der Waals surface area contributed by atoms with Gasteiger partial charge >= 0.3 is 6.09 Å². The maximum absolute atomic E-state index is 11.1. The van der Waals surface area contributed by atoms with Crippen LogP contribution in [0.15, 0.2) is 0 Å². The van der Waals surface area contributed by atoms with Crippen molar-refractivity contribution in [2.45, 2.75) is 33.2 Å². The normalized spacial score (nSPS) is 12.7. The molecule has 13 heavy (non-hydrogen) atoms. The first-order valence-electron chi connectivity index (χ1n) is 4.75. The molecule has 0 spiro atoms. The molecule has 0 heterocycles. The van der Waals surface area contributed by atoms with E-state index in [9.17, 15) is 4.79 Å². The van der Waals surface area contributed by atoms with Gasteiger partial charge in [0, 0.05) is 6.04 Å². The molecule has 1 atom stereocenters. The van der Waals surface area contributed by atoms with E-state index in [2.05, 4.69) is 5.32 Å². The van der Waals surface area contributed by atoms with E-state index in [0.717, 1.165) is 6.42 Å². The van der Waals surface area contributed by atoms with Crippen molar-refractivity contribution in [1.29, 1.82) is 0 Å². The molecular weight excluding hydrogens is 168 g/mol. The van der Waals surface area contributed by atoms with Crippen LogP contribution in [0.2, 0.25) is 0 Å². The Bertz CT molecular complexity index is 149. The van der Waals surface area contributed by atoms with Gasteiger partial charge in [-0.15, -0.1) is 0 Å². The highest BCUT2D eigenvalue weighted by atomic mass is 16.5. The van der Waals surface area contributed by atoms with Gasteiger partial charge in [-0.2, -0.15) is 0 Å². The molecule has 0 aromatic heterocycles. The predicted molar refractivity (Wildman–Crippen MR) is 52.5 cm³/mol. The molecule has 0 aliphatic carbocycles. The van der Waals surface area contributed by atoms with Crippen LogP contribution in [0.4, 0.5) is 4.79 Å². The van der Waals surface area contributed by atoms with Gasteiger partial charge in [0.15, 0.2) is 0 Å². The van der Waals surface area contributed by atoms with E-state index in [1.54, 1.807) is 6.92 Å². The Labute approximate surface area is 79.8 Å². The van der Waals surface area contributed by atoms with Crippen LogP contribution in [0.3, 0.4) is 0 Å². The molecule has 0 bridgehead atoms. The Morgan fingerprint density at radius 1 is 1.54 bits per heavy atom. The second kappa shape index (κ2) is 6.71. The highest BCUT2D eigenvalue weighted by Gasteiger charge is 2.15. The van der Waals surface area contributed by atoms with Crippen molar-refractivity contribution < 1.29 is 9.53 Å². The molecule has 0 aliphatic rings. The minimum Gasteiger partial charge on any atom is -0.450 e. The summed E-state index contributed by atoms with van der Waals surface area (Å²) < 4.78 is 4.78. The Morgan fingerprint density at radius 2 is 2.15 bits per heavy atom. The highest BCUT2D eigenvalue weighted by Crippen LogP contribution is 2.04. The summed E-state index contributed by atoms with van der Waals surface area (Å²) in [5, 5.41) is 2.78. The number of amides is 1. The van der Waals surface area contributed by atoms with Crippen LogP contribution in [-0.4, -0.2) is 25.3 Å². The zero-order chi connectivity index (χ0) is 10.3. The molecule has 0 fully saturated rings. The number of carbonyl (C=O) groups excluding carboxylic acids is 1. The molecule has 0 aliphatic heterocycles. The third-order valence-corrected chi connectivity index (χ3v) is 1.86. The monoisotopic (exact) mass is 188 g/mol. The Morgan fingerprint density at radius 3 is 2.54 bits per heavy atom. The minimum absolute atomic E-state index is 0.115. The van der Waals surface area contributed by atoms with Crippen molar-refractivity contribution in [2.75, 3.05) is 13.2 Å². The molecule has 4 nitrogen and oxygen atoms in total. The minimum atomic E-state index is -0.352. The number of ether oxygens (including phenoxy) is 1. The van der Waals surface area contributed by atoms with Gasteiger partial charge in [-0.3, -0.25) is 0 Å². The van der Waals surface area contributed by atoms with Gasteiger partial charge in [-0.25, -0.2) is 4.79 Å². The molecule has 1 unspecified atom stereocenters. The summed E-state index contributed by atoms with van der Waals surface area (Å²) in [6, 6.07) is 0.115. The smallest absolute Gasteiger partial charge is 0.407 e. The second-order valence-electron chi connectivity index (χ2n) is 3.29. The quantitative estimate of drug-likeness (QED) is 0.679. The lowest BCUT2D eigenvalue weighted by Crippen LogP contribution is -2.40. The summed E-state index contributed by atoms with van der Waals surface area (Å²) in [6.07, 6.45) is 0.436. The van der Waals surface area contributed by atoms with Crippen LogP contribution in [0.5, 0.6) is 0 Å². The molecule has 0 aromatic rings. The number of alkyl carbamates (subject to hydrolysis) is 1. The zero-order valence-electron chi connectivity index (χ0n) is 8.67. The van der Waals surface area contributed by atoms with Gasteiger partial charge in [0.2, 0.25) is 0 Å². The van der Waals surface area contributed by atoms with Crippen molar-refractivity contribution >= 4 is 6.09 Å². The molecule has 1 amide bonds.